The fourth-order valence-electron chi connectivity index (χ4n) is 3.67. The summed E-state index contributed by atoms with van der Waals surface area (Å²) in [5, 5.41) is 12.9. The summed E-state index contributed by atoms with van der Waals surface area (Å²) < 4.78 is 0.974. The van der Waals surface area contributed by atoms with Crippen LogP contribution in [0.5, 0.6) is 0 Å². The summed E-state index contributed by atoms with van der Waals surface area (Å²) in [6.07, 6.45) is 1.14. The SMILES string of the molecule is CCC1C2CNCC2CN1c1ccc(Br)cc1C#N. The highest BCUT2D eigenvalue weighted by atomic mass is 79.9. The normalized spacial score (nSPS) is 29.3. The molecule has 0 aromatic heterocycles. The Morgan fingerprint density at radius 3 is 3.05 bits per heavy atom. The molecule has 2 saturated heterocycles. The van der Waals surface area contributed by atoms with Crippen LogP contribution in [0.25, 0.3) is 0 Å². The van der Waals surface area contributed by atoms with Crippen LogP contribution in [0.2, 0.25) is 0 Å². The number of hydrogen-bond donors (Lipinski definition) is 1. The number of nitrogens with one attached hydrogen (secondary N) is 1. The second-order valence-corrected chi connectivity index (χ2v) is 6.40. The summed E-state index contributed by atoms with van der Waals surface area (Å²) in [5.74, 6) is 1.47. The van der Waals surface area contributed by atoms with Crippen molar-refractivity contribution in [2.45, 2.75) is 19.4 Å². The topological polar surface area (TPSA) is 39.1 Å². The predicted molar refractivity (Wildman–Crippen MR) is 80.1 cm³/mol. The van der Waals surface area contributed by atoms with Crippen molar-refractivity contribution in [1.82, 2.24) is 5.32 Å². The minimum Gasteiger partial charge on any atom is -0.367 e. The Hall–Kier alpha value is -1.05. The van der Waals surface area contributed by atoms with Crippen molar-refractivity contribution in [3.8, 4) is 6.07 Å². The van der Waals surface area contributed by atoms with E-state index in [1.165, 1.54) is 0 Å². The summed E-state index contributed by atoms with van der Waals surface area (Å²) in [5.41, 5.74) is 1.88. The maximum Gasteiger partial charge on any atom is 0.101 e. The van der Waals surface area contributed by atoms with E-state index in [-0.39, 0.29) is 0 Å². The number of benzene rings is 1. The highest BCUT2D eigenvalue weighted by Gasteiger charge is 2.43. The van der Waals surface area contributed by atoms with Gasteiger partial charge in [-0.1, -0.05) is 22.9 Å². The van der Waals surface area contributed by atoms with Gasteiger partial charge in [-0.15, -0.1) is 0 Å². The van der Waals surface area contributed by atoms with Gasteiger partial charge in [-0.2, -0.15) is 5.26 Å². The zero-order valence-corrected chi connectivity index (χ0v) is 12.7. The summed E-state index contributed by atoms with van der Waals surface area (Å²) >= 11 is 3.45. The minimum absolute atomic E-state index is 0.563. The highest BCUT2D eigenvalue weighted by Crippen LogP contribution is 2.39. The van der Waals surface area contributed by atoms with Crippen molar-refractivity contribution in [3.05, 3.63) is 28.2 Å². The largest absolute Gasteiger partial charge is 0.367 e. The Kier molecular flexibility index (Phi) is 3.51. The van der Waals surface area contributed by atoms with Crippen molar-refractivity contribution in [1.29, 1.82) is 5.26 Å². The smallest absolute Gasteiger partial charge is 0.101 e. The molecule has 19 heavy (non-hydrogen) atoms. The fraction of sp³-hybridized carbons (Fsp3) is 0.533. The molecule has 2 aliphatic heterocycles. The van der Waals surface area contributed by atoms with E-state index >= 15 is 0 Å². The summed E-state index contributed by atoms with van der Waals surface area (Å²) in [6.45, 7) is 5.57. The second kappa shape index (κ2) is 5.15. The number of nitriles is 1. The van der Waals surface area contributed by atoms with E-state index in [0.29, 0.717) is 6.04 Å². The third-order valence-electron chi connectivity index (χ3n) is 4.52. The molecule has 0 radical (unpaired) electrons. The van der Waals surface area contributed by atoms with Crippen LogP contribution in [-0.2, 0) is 0 Å². The molecule has 4 heteroatoms. The summed E-state index contributed by atoms with van der Waals surface area (Å²) in [7, 11) is 0. The molecule has 3 unspecified atom stereocenters. The first kappa shape index (κ1) is 13.0. The van der Waals surface area contributed by atoms with E-state index in [2.05, 4.69) is 45.2 Å². The van der Waals surface area contributed by atoms with E-state index < -0.39 is 0 Å². The van der Waals surface area contributed by atoms with Crippen molar-refractivity contribution in [3.63, 3.8) is 0 Å². The van der Waals surface area contributed by atoms with Gasteiger partial charge in [0.25, 0.3) is 0 Å². The molecule has 1 aromatic rings. The van der Waals surface area contributed by atoms with Gasteiger partial charge < -0.3 is 10.2 Å². The zero-order valence-electron chi connectivity index (χ0n) is 11.1. The van der Waals surface area contributed by atoms with E-state index in [4.69, 9.17) is 0 Å². The minimum atomic E-state index is 0.563. The Morgan fingerprint density at radius 2 is 2.32 bits per heavy atom. The van der Waals surface area contributed by atoms with Crippen LogP contribution in [0.4, 0.5) is 5.69 Å². The average molecular weight is 320 g/mol. The molecule has 2 aliphatic rings. The predicted octanol–water partition coefficient (Wildman–Crippen LogP) is 2.75. The standard InChI is InChI=1S/C15H18BrN3/c1-2-14-13-8-18-7-11(13)9-19(14)15-4-3-12(16)5-10(15)6-17/h3-5,11,13-14,18H,2,7-9H2,1H3. The second-order valence-electron chi connectivity index (χ2n) is 5.48. The number of hydrogen-bond acceptors (Lipinski definition) is 3. The van der Waals surface area contributed by atoms with Gasteiger partial charge in [0, 0.05) is 30.1 Å². The maximum atomic E-state index is 9.36. The fourth-order valence-corrected chi connectivity index (χ4v) is 4.03. The molecule has 3 nitrogen and oxygen atoms in total. The van der Waals surface area contributed by atoms with Crippen molar-refractivity contribution >= 4 is 21.6 Å². The lowest BCUT2D eigenvalue weighted by molar-refractivity contribution is 0.442. The molecule has 1 N–H and O–H groups in total. The van der Waals surface area contributed by atoms with Crippen LogP contribution < -0.4 is 10.2 Å². The van der Waals surface area contributed by atoms with E-state index in [0.717, 1.165) is 53.6 Å². The number of rotatable bonds is 2. The van der Waals surface area contributed by atoms with Crippen LogP contribution in [0.1, 0.15) is 18.9 Å². The molecule has 100 valence electrons. The molecule has 0 spiro atoms. The molecule has 2 heterocycles. The Balaban J connectivity index is 1.96. The zero-order chi connectivity index (χ0) is 13.4. The van der Waals surface area contributed by atoms with Gasteiger partial charge in [-0.25, -0.2) is 0 Å². The molecule has 0 saturated carbocycles. The van der Waals surface area contributed by atoms with Gasteiger partial charge in [0.1, 0.15) is 6.07 Å². The average Bonchev–Trinajstić information content (AvgIpc) is 2.98. The monoisotopic (exact) mass is 319 g/mol. The Bertz CT molecular complexity index is 523. The molecule has 0 aliphatic carbocycles. The van der Waals surface area contributed by atoms with Gasteiger partial charge in [0.15, 0.2) is 0 Å². The van der Waals surface area contributed by atoms with Crippen molar-refractivity contribution in [2.24, 2.45) is 11.8 Å². The van der Waals surface area contributed by atoms with Gasteiger partial charge in [0.2, 0.25) is 0 Å². The van der Waals surface area contributed by atoms with Crippen LogP contribution in [0, 0.1) is 23.2 Å². The van der Waals surface area contributed by atoms with Gasteiger partial charge in [-0.3, -0.25) is 0 Å². The van der Waals surface area contributed by atoms with Crippen LogP contribution in [0.15, 0.2) is 22.7 Å². The van der Waals surface area contributed by atoms with E-state index in [9.17, 15) is 5.26 Å². The summed E-state index contributed by atoms with van der Waals surface area (Å²) in [6, 6.07) is 8.94. The van der Waals surface area contributed by atoms with E-state index in [1.54, 1.807) is 0 Å². The molecule has 0 amide bonds. The number of halogens is 1. The first-order valence-electron chi connectivity index (χ1n) is 6.91. The highest BCUT2D eigenvalue weighted by molar-refractivity contribution is 9.10. The molecular formula is C15H18BrN3. The maximum absolute atomic E-state index is 9.36. The first-order chi connectivity index (χ1) is 9.24. The molecule has 2 fully saturated rings. The lowest BCUT2D eigenvalue weighted by atomic mass is 9.93. The molecule has 0 bridgehead atoms. The summed E-state index contributed by atoms with van der Waals surface area (Å²) in [4.78, 5) is 2.46. The lowest BCUT2D eigenvalue weighted by Gasteiger charge is -2.29. The van der Waals surface area contributed by atoms with E-state index in [1.807, 2.05) is 12.1 Å². The number of fused-ring (bicyclic) bond motifs is 1. The number of nitrogens with zero attached hydrogens (tertiary/aromatic N) is 2. The molecular weight excluding hydrogens is 302 g/mol. The van der Waals surface area contributed by atoms with Crippen LogP contribution in [-0.4, -0.2) is 25.7 Å². The Morgan fingerprint density at radius 1 is 1.47 bits per heavy atom. The lowest BCUT2D eigenvalue weighted by Crippen LogP contribution is -2.35. The number of anilines is 1. The van der Waals surface area contributed by atoms with Gasteiger partial charge in [-0.05, 0) is 36.5 Å². The third kappa shape index (κ3) is 2.15. The van der Waals surface area contributed by atoms with Gasteiger partial charge >= 0.3 is 0 Å². The van der Waals surface area contributed by atoms with Crippen LogP contribution in [0.3, 0.4) is 0 Å². The van der Waals surface area contributed by atoms with Crippen molar-refractivity contribution in [2.75, 3.05) is 24.5 Å². The van der Waals surface area contributed by atoms with Crippen molar-refractivity contribution < 1.29 is 0 Å². The van der Waals surface area contributed by atoms with Gasteiger partial charge in [0.05, 0.1) is 11.3 Å². The molecule has 3 rings (SSSR count). The first-order valence-corrected chi connectivity index (χ1v) is 7.71. The molecule has 3 atom stereocenters. The Labute approximate surface area is 122 Å². The van der Waals surface area contributed by atoms with Crippen LogP contribution >= 0.6 is 15.9 Å². The third-order valence-corrected chi connectivity index (χ3v) is 5.02. The quantitative estimate of drug-likeness (QED) is 0.911. The molecule has 1 aromatic carbocycles.